The van der Waals surface area contributed by atoms with Crippen LogP contribution in [0.4, 0.5) is 4.79 Å². The maximum atomic E-state index is 12.2. The quantitative estimate of drug-likeness (QED) is 0.845. The standard InChI is InChI=1S/C16H16N4O4/c1-19-8-7-11-18-12(13(21)15(23)20(11)16(19)24)14(22)17-9-10-5-3-2-4-6-10/h2-6,21H,7-9H2,1H3,(H,17,22). The van der Waals surface area contributed by atoms with E-state index in [4.69, 9.17) is 0 Å². The molecule has 3 rings (SSSR count). The molecular weight excluding hydrogens is 312 g/mol. The van der Waals surface area contributed by atoms with Crippen molar-refractivity contribution < 1.29 is 14.7 Å². The van der Waals surface area contributed by atoms with E-state index in [0.29, 0.717) is 13.0 Å². The van der Waals surface area contributed by atoms with Gasteiger partial charge in [-0.2, -0.15) is 0 Å². The fourth-order valence-corrected chi connectivity index (χ4v) is 2.48. The number of nitrogens with zero attached hydrogens (tertiary/aromatic N) is 3. The third kappa shape index (κ3) is 2.73. The number of aromatic hydroxyl groups is 1. The maximum Gasteiger partial charge on any atom is 0.332 e. The first kappa shape index (κ1) is 15.7. The van der Waals surface area contributed by atoms with Crippen molar-refractivity contribution in [1.29, 1.82) is 0 Å². The lowest BCUT2D eigenvalue weighted by molar-refractivity contribution is 0.0941. The van der Waals surface area contributed by atoms with Gasteiger partial charge in [-0.15, -0.1) is 0 Å². The van der Waals surface area contributed by atoms with Gasteiger partial charge in [0.1, 0.15) is 5.82 Å². The van der Waals surface area contributed by atoms with Gasteiger partial charge in [-0.3, -0.25) is 9.59 Å². The largest absolute Gasteiger partial charge is 0.501 e. The zero-order chi connectivity index (χ0) is 17.3. The number of rotatable bonds is 3. The van der Waals surface area contributed by atoms with E-state index in [1.165, 1.54) is 4.90 Å². The van der Waals surface area contributed by atoms with Crippen LogP contribution in [0.15, 0.2) is 35.1 Å². The van der Waals surface area contributed by atoms with Gasteiger partial charge in [0.05, 0.1) is 0 Å². The summed E-state index contributed by atoms with van der Waals surface area (Å²) in [6.07, 6.45) is 0.330. The molecule has 1 aliphatic heterocycles. The van der Waals surface area contributed by atoms with Gasteiger partial charge in [0.25, 0.3) is 5.91 Å². The van der Waals surface area contributed by atoms with Crippen molar-refractivity contribution in [1.82, 2.24) is 19.8 Å². The molecule has 0 aliphatic carbocycles. The summed E-state index contributed by atoms with van der Waals surface area (Å²) in [5.74, 6) is -1.32. The van der Waals surface area contributed by atoms with E-state index in [9.17, 15) is 19.5 Å². The number of carbonyl (C=O) groups is 2. The van der Waals surface area contributed by atoms with Gasteiger partial charge in [0.2, 0.25) is 5.75 Å². The molecule has 8 nitrogen and oxygen atoms in total. The van der Waals surface area contributed by atoms with Gasteiger partial charge >= 0.3 is 11.6 Å². The zero-order valence-corrected chi connectivity index (χ0v) is 13.0. The smallest absolute Gasteiger partial charge is 0.332 e. The minimum absolute atomic E-state index is 0.172. The number of nitrogens with one attached hydrogen (secondary N) is 1. The average Bonchev–Trinajstić information content (AvgIpc) is 2.59. The monoisotopic (exact) mass is 328 g/mol. The molecule has 2 N–H and O–H groups in total. The van der Waals surface area contributed by atoms with Gasteiger partial charge < -0.3 is 15.3 Å². The zero-order valence-electron chi connectivity index (χ0n) is 13.0. The number of hydrogen-bond acceptors (Lipinski definition) is 5. The van der Waals surface area contributed by atoms with Crippen LogP contribution >= 0.6 is 0 Å². The Bertz CT molecular complexity index is 860. The molecule has 0 fully saturated rings. The number of likely N-dealkylation sites (N-methyl/N-ethyl adjacent to an activating group) is 1. The lowest BCUT2D eigenvalue weighted by atomic mass is 10.2. The normalized spacial score (nSPS) is 13.5. The summed E-state index contributed by atoms with van der Waals surface area (Å²) in [6, 6.07) is 8.64. The second-order valence-electron chi connectivity index (χ2n) is 5.49. The third-order valence-corrected chi connectivity index (χ3v) is 3.83. The minimum atomic E-state index is -0.929. The summed E-state index contributed by atoms with van der Waals surface area (Å²) in [7, 11) is 1.55. The van der Waals surface area contributed by atoms with Crippen LogP contribution in [-0.2, 0) is 13.0 Å². The first-order valence-electron chi connectivity index (χ1n) is 7.41. The Kier molecular flexibility index (Phi) is 4.03. The predicted octanol–water partition coefficient (Wildman–Crippen LogP) is 0.335. The first-order valence-corrected chi connectivity index (χ1v) is 7.41. The summed E-state index contributed by atoms with van der Waals surface area (Å²) in [6.45, 7) is 0.627. The van der Waals surface area contributed by atoms with Crippen LogP contribution in [-0.4, -0.2) is 45.1 Å². The highest BCUT2D eigenvalue weighted by molar-refractivity contribution is 5.95. The lowest BCUT2D eigenvalue weighted by Crippen LogP contribution is -2.46. The van der Waals surface area contributed by atoms with Gasteiger partial charge in [-0.25, -0.2) is 14.3 Å². The van der Waals surface area contributed by atoms with Crippen molar-refractivity contribution in [2.75, 3.05) is 13.6 Å². The van der Waals surface area contributed by atoms with Gasteiger partial charge in [0, 0.05) is 26.6 Å². The fourth-order valence-electron chi connectivity index (χ4n) is 2.48. The Hall–Kier alpha value is -3.16. The van der Waals surface area contributed by atoms with Crippen molar-refractivity contribution in [3.8, 4) is 5.75 Å². The topological polar surface area (TPSA) is 105 Å². The molecule has 0 spiro atoms. The minimum Gasteiger partial charge on any atom is -0.501 e. The Labute approximate surface area is 137 Å². The van der Waals surface area contributed by atoms with E-state index in [0.717, 1.165) is 10.1 Å². The molecule has 2 amide bonds. The van der Waals surface area contributed by atoms with Crippen LogP contribution in [0.3, 0.4) is 0 Å². The van der Waals surface area contributed by atoms with Crippen LogP contribution in [0.5, 0.6) is 5.75 Å². The van der Waals surface area contributed by atoms with E-state index in [1.807, 2.05) is 30.3 Å². The molecule has 24 heavy (non-hydrogen) atoms. The Morgan fingerprint density at radius 2 is 2.00 bits per heavy atom. The van der Waals surface area contributed by atoms with E-state index in [2.05, 4.69) is 10.3 Å². The van der Waals surface area contributed by atoms with Crippen LogP contribution in [0.2, 0.25) is 0 Å². The molecule has 0 saturated heterocycles. The number of amides is 2. The van der Waals surface area contributed by atoms with E-state index in [1.54, 1.807) is 7.05 Å². The van der Waals surface area contributed by atoms with Crippen molar-refractivity contribution >= 4 is 11.9 Å². The molecule has 0 atom stereocenters. The second-order valence-corrected chi connectivity index (χ2v) is 5.49. The summed E-state index contributed by atoms with van der Waals surface area (Å²) < 4.78 is 0.798. The highest BCUT2D eigenvalue weighted by atomic mass is 16.3. The van der Waals surface area contributed by atoms with E-state index in [-0.39, 0.29) is 18.1 Å². The summed E-state index contributed by atoms with van der Waals surface area (Å²) >= 11 is 0. The molecule has 0 bridgehead atoms. The highest BCUT2D eigenvalue weighted by Crippen LogP contribution is 2.14. The highest BCUT2D eigenvalue weighted by Gasteiger charge is 2.28. The van der Waals surface area contributed by atoms with Gasteiger partial charge in [0.15, 0.2) is 5.69 Å². The molecule has 2 heterocycles. The molecule has 0 radical (unpaired) electrons. The van der Waals surface area contributed by atoms with Crippen molar-refractivity contribution in [3.05, 3.63) is 57.8 Å². The molecular formula is C16H16N4O4. The Morgan fingerprint density at radius 3 is 2.71 bits per heavy atom. The van der Waals surface area contributed by atoms with Crippen molar-refractivity contribution in [3.63, 3.8) is 0 Å². The van der Waals surface area contributed by atoms with Crippen LogP contribution in [0.25, 0.3) is 0 Å². The number of aromatic nitrogens is 2. The molecule has 8 heteroatoms. The second kappa shape index (κ2) is 6.15. The third-order valence-electron chi connectivity index (χ3n) is 3.83. The summed E-state index contributed by atoms with van der Waals surface area (Å²) in [4.78, 5) is 41.9. The molecule has 1 aromatic carbocycles. The average molecular weight is 328 g/mol. The Balaban J connectivity index is 1.89. The van der Waals surface area contributed by atoms with Crippen LogP contribution in [0, 0.1) is 0 Å². The summed E-state index contributed by atoms with van der Waals surface area (Å²) in [5, 5.41) is 12.6. The van der Waals surface area contributed by atoms with Crippen LogP contribution in [0.1, 0.15) is 21.9 Å². The maximum absolute atomic E-state index is 12.2. The number of hydrogen-bond donors (Lipinski definition) is 2. The molecule has 0 saturated carbocycles. The van der Waals surface area contributed by atoms with Crippen molar-refractivity contribution in [2.24, 2.45) is 0 Å². The van der Waals surface area contributed by atoms with Gasteiger partial charge in [-0.1, -0.05) is 30.3 Å². The molecule has 2 aromatic rings. The molecule has 0 unspecified atom stereocenters. The SMILES string of the molecule is CN1CCc2nc(C(=O)NCc3ccccc3)c(O)c(=O)n2C1=O. The number of fused-ring (bicyclic) bond motifs is 1. The van der Waals surface area contributed by atoms with Crippen LogP contribution < -0.4 is 10.9 Å². The number of benzene rings is 1. The predicted molar refractivity (Wildman–Crippen MR) is 84.9 cm³/mol. The van der Waals surface area contributed by atoms with E-state index >= 15 is 0 Å². The molecule has 1 aliphatic rings. The van der Waals surface area contributed by atoms with Gasteiger partial charge in [-0.05, 0) is 5.56 Å². The fraction of sp³-hybridized carbons (Fsp3) is 0.250. The summed E-state index contributed by atoms with van der Waals surface area (Å²) in [5.41, 5.74) is -0.419. The Morgan fingerprint density at radius 1 is 1.29 bits per heavy atom. The molecule has 1 aromatic heterocycles. The van der Waals surface area contributed by atoms with E-state index < -0.39 is 23.2 Å². The first-order chi connectivity index (χ1) is 11.5. The van der Waals surface area contributed by atoms with Crippen molar-refractivity contribution in [2.45, 2.75) is 13.0 Å². The lowest BCUT2D eigenvalue weighted by Gasteiger charge is -2.25. The number of carbonyl (C=O) groups excluding carboxylic acids is 2. The molecule has 124 valence electrons.